The quantitative estimate of drug-likeness (QED) is 0.910. The lowest BCUT2D eigenvalue weighted by Gasteiger charge is -2.29. The van der Waals surface area contributed by atoms with Gasteiger partial charge in [0.1, 0.15) is 0 Å². The number of hydrogen-bond acceptors (Lipinski definition) is 3. The van der Waals surface area contributed by atoms with Gasteiger partial charge in [0.25, 0.3) is 0 Å². The predicted octanol–water partition coefficient (Wildman–Crippen LogP) is 2.68. The van der Waals surface area contributed by atoms with E-state index in [-0.39, 0.29) is 6.04 Å². The molecule has 1 N–H and O–H groups in total. The lowest BCUT2D eigenvalue weighted by atomic mass is 10.2. The second kappa shape index (κ2) is 5.08. The van der Waals surface area contributed by atoms with Gasteiger partial charge < -0.3 is 5.32 Å². The van der Waals surface area contributed by atoms with E-state index in [0.29, 0.717) is 6.04 Å². The van der Waals surface area contributed by atoms with Crippen molar-refractivity contribution in [2.45, 2.75) is 25.4 Å². The van der Waals surface area contributed by atoms with Gasteiger partial charge in [0.2, 0.25) is 0 Å². The van der Waals surface area contributed by atoms with Gasteiger partial charge in [-0.2, -0.15) is 0 Å². The van der Waals surface area contributed by atoms with Gasteiger partial charge in [-0.05, 0) is 34.5 Å². The molecule has 15 heavy (non-hydrogen) atoms. The van der Waals surface area contributed by atoms with E-state index in [1.165, 1.54) is 4.88 Å². The zero-order valence-corrected chi connectivity index (χ0v) is 11.8. The monoisotopic (exact) mass is 307 g/mol. The van der Waals surface area contributed by atoms with E-state index in [1.807, 2.05) is 0 Å². The van der Waals surface area contributed by atoms with E-state index in [0.717, 1.165) is 21.7 Å². The van der Waals surface area contributed by atoms with Crippen LogP contribution in [0, 0.1) is 0 Å². The lowest BCUT2D eigenvalue weighted by Crippen LogP contribution is -2.44. The maximum atomic E-state index is 11.7. The first-order valence-corrected chi connectivity index (χ1v) is 8.15. The van der Waals surface area contributed by atoms with Crippen LogP contribution in [0.15, 0.2) is 15.9 Å². The van der Waals surface area contributed by atoms with Crippen LogP contribution in [0.5, 0.6) is 0 Å². The van der Waals surface area contributed by atoms with Crippen molar-refractivity contribution in [3.63, 3.8) is 0 Å². The lowest BCUT2D eigenvalue weighted by molar-refractivity contribution is 0.460. The minimum Gasteiger partial charge on any atom is -0.305 e. The summed E-state index contributed by atoms with van der Waals surface area (Å²) in [5.41, 5.74) is 0. The van der Waals surface area contributed by atoms with Crippen LogP contribution < -0.4 is 5.32 Å². The van der Waals surface area contributed by atoms with Crippen molar-refractivity contribution >= 4 is 38.1 Å². The van der Waals surface area contributed by atoms with E-state index >= 15 is 0 Å². The molecular formula is C10H14BrNOS2. The first kappa shape index (κ1) is 11.8. The summed E-state index contributed by atoms with van der Waals surface area (Å²) < 4.78 is 12.8. The summed E-state index contributed by atoms with van der Waals surface area (Å²) in [5, 5.41) is 3.56. The number of nitrogens with one attached hydrogen (secondary N) is 1. The van der Waals surface area contributed by atoms with Gasteiger partial charge in [-0.1, -0.05) is 6.92 Å². The Balaban J connectivity index is 2.12. The van der Waals surface area contributed by atoms with Gasteiger partial charge in [-0.25, -0.2) is 0 Å². The molecule has 0 aromatic carbocycles. The minimum absolute atomic E-state index is 0.279. The van der Waals surface area contributed by atoms with Crippen LogP contribution in [0.3, 0.4) is 0 Å². The Labute approximate surface area is 105 Å². The van der Waals surface area contributed by atoms with Crippen molar-refractivity contribution in [1.29, 1.82) is 0 Å². The molecule has 0 radical (unpaired) electrons. The van der Waals surface area contributed by atoms with Crippen LogP contribution >= 0.6 is 27.3 Å². The highest BCUT2D eigenvalue weighted by atomic mass is 79.9. The molecule has 1 saturated heterocycles. The molecule has 1 aliphatic heterocycles. The molecule has 0 saturated carbocycles. The SMILES string of the molecule is CCC1CS(=O)CC(c2ccc(Br)s2)N1. The van der Waals surface area contributed by atoms with Gasteiger partial charge in [0, 0.05) is 33.2 Å². The molecule has 84 valence electrons. The van der Waals surface area contributed by atoms with E-state index in [1.54, 1.807) is 11.3 Å². The van der Waals surface area contributed by atoms with E-state index in [9.17, 15) is 4.21 Å². The summed E-state index contributed by atoms with van der Waals surface area (Å²) in [7, 11) is -0.663. The molecular weight excluding hydrogens is 294 g/mol. The van der Waals surface area contributed by atoms with Crippen LogP contribution in [0.25, 0.3) is 0 Å². The van der Waals surface area contributed by atoms with Crippen LogP contribution in [0.2, 0.25) is 0 Å². The molecule has 0 aliphatic carbocycles. The molecule has 0 spiro atoms. The van der Waals surface area contributed by atoms with Gasteiger partial charge in [0.15, 0.2) is 0 Å². The van der Waals surface area contributed by atoms with Crippen molar-refractivity contribution in [2.75, 3.05) is 11.5 Å². The smallest absolute Gasteiger partial charge is 0.0701 e. The Bertz CT molecular complexity index is 366. The third-order valence-electron chi connectivity index (χ3n) is 2.61. The third kappa shape index (κ3) is 2.90. The maximum Gasteiger partial charge on any atom is 0.0701 e. The second-order valence-electron chi connectivity index (χ2n) is 3.74. The molecule has 2 heterocycles. The Morgan fingerprint density at radius 3 is 3.00 bits per heavy atom. The predicted molar refractivity (Wildman–Crippen MR) is 69.9 cm³/mol. The average Bonchev–Trinajstić information content (AvgIpc) is 2.64. The Kier molecular flexibility index (Phi) is 3.98. The standard InChI is InChI=1S/C10H14BrNOS2/c1-2-7-5-15(13)6-8(12-7)9-3-4-10(11)14-9/h3-4,7-8,12H,2,5-6H2,1H3. The maximum absolute atomic E-state index is 11.7. The van der Waals surface area contributed by atoms with Crippen molar-refractivity contribution in [2.24, 2.45) is 0 Å². The van der Waals surface area contributed by atoms with E-state index in [4.69, 9.17) is 0 Å². The summed E-state index contributed by atoms with van der Waals surface area (Å²) >= 11 is 5.19. The highest BCUT2D eigenvalue weighted by Crippen LogP contribution is 2.29. The Hall–Kier alpha value is 0.290. The fourth-order valence-electron chi connectivity index (χ4n) is 1.77. The molecule has 0 amide bonds. The number of hydrogen-bond donors (Lipinski definition) is 1. The Morgan fingerprint density at radius 1 is 1.60 bits per heavy atom. The summed E-state index contributed by atoms with van der Waals surface area (Å²) in [6, 6.07) is 4.85. The minimum atomic E-state index is -0.663. The summed E-state index contributed by atoms with van der Waals surface area (Å²) in [5.74, 6) is 1.56. The molecule has 1 aliphatic rings. The van der Waals surface area contributed by atoms with Crippen molar-refractivity contribution in [1.82, 2.24) is 5.32 Å². The summed E-state index contributed by atoms with van der Waals surface area (Å²) in [4.78, 5) is 1.29. The molecule has 5 heteroatoms. The number of thiophene rings is 1. The highest BCUT2D eigenvalue weighted by molar-refractivity contribution is 9.11. The molecule has 1 aromatic rings. The zero-order valence-electron chi connectivity index (χ0n) is 8.53. The van der Waals surface area contributed by atoms with Gasteiger partial charge in [0.05, 0.1) is 9.83 Å². The van der Waals surface area contributed by atoms with Crippen molar-refractivity contribution in [3.8, 4) is 0 Å². The topological polar surface area (TPSA) is 29.1 Å². The van der Waals surface area contributed by atoms with Gasteiger partial charge in [-0.15, -0.1) is 11.3 Å². The normalized spacial score (nSPS) is 31.7. The van der Waals surface area contributed by atoms with Gasteiger partial charge >= 0.3 is 0 Å². The van der Waals surface area contributed by atoms with Crippen molar-refractivity contribution in [3.05, 3.63) is 20.8 Å². The fourth-order valence-corrected chi connectivity index (χ4v) is 4.93. The molecule has 0 bridgehead atoms. The molecule has 1 fully saturated rings. The summed E-state index contributed by atoms with van der Waals surface area (Å²) in [6.45, 7) is 2.14. The van der Waals surface area contributed by atoms with Crippen molar-refractivity contribution < 1.29 is 4.21 Å². The van der Waals surface area contributed by atoms with E-state index < -0.39 is 10.8 Å². The fraction of sp³-hybridized carbons (Fsp3) is 0.600. The first-order chi connectivity index (χ1) is 7.19. The van der Waals surface area contributed by atoms with Crippen LogP contribution in [0.1, 0.15) is 24.3 Å². The second-order valence-corrected chi connectivity index (χ2v) is 7.78. The molecule has 2 rings (SSSR count). The van der Waals surface area contributed by atoms with Crippen LogP contribution in [0.4, 0.5) is 0 Å². The van der Waals surface area contributed by atoms with Gasteiger partial charge in [-0.3, -0.25) is 4.21 Å². The molecule has 1 aromatic heterocycles. The highest BCUT2D eigenvalue weighted by Gasteiger charge is 2.26. The third-order valence-corrected chi connectivity index (χ3v) is 5.82. The van der Waals surface area contributed by atoms with Crippen LogP contribution in [-0.4, -0.2) is 21.8 Å². The molecule has 3 unspecified atom stereocenters. The molecule has 2 nitrogen and oxygen atoms in total. The zero-order chi connectivity index (χ0) is 10.8. The number of halogens is 1. The Morgan fingerprint density at radius 2 is 2.40 bits per heavy atom. The number of rotatable bonds is 2. The molecule has 3 atom stereocenters. The van der Waals surface area contributed by atoms with E-state index in [2.05, 4.69) is 40.3 Å². The largest absolute Gasteiger partial charge is 0.305 e. The van der Waals surface area contributed by atoms with Crippen LogP contribution in [-0.2, 0) is 10.8 Å². The first-order valence-electron chi connectivity index (χ1n) is 5.05. The summed E-state index contributed by atoms with van der Waals surface area (Å²) in [6.07, 6.45) is 1.05. The average molecular weight is 308 g/mol.